The normalized spacial score (nSPS) is 18.1. The van der Waals surface area contributed by atoms with Gasteiger partial charge in [0.1, 0.15) is 0 Å². The average molecular weight is 377 g/mol. The zero-order chi connectivity index (χ0) is 19.3. The second kappa shape index (κ2) is 8.77. The van der Waals surface area contributed by atoms with Crippen LogP contribution in [0, 0.1) is 5.41 Å². The number of nitrogens with zero attached hydrogens (tertiary/aromatic N) is 3. The Hall–Kier alpha value is -2.03. The lowest BCUT2D eigenvalue weighted by molar-refractivity contribution is 0.147. The smallest absolute Gasteiger partial charge is 0.231 e. The van der Waals surface area contributed by atoms with Gasteiger partial charge in [-0.15, -0.1) is 0 Å². The first-order valence-corrected chi connectivity index (χ1v) is 9.50. The first-order valence-electron chi connectivity index (χ1n) is 9.50. The fourth-order valence-corrected chi connectivity index (χ4v) is 3.00. The highest BCUT2D eigenvalue weighted by atomic mass is 16.7. The van der Waals surface area contributed by atoms with Gasteiger partial charge in [-0.25, -0.2) is 0 Å². The van der Waals surface area contributed by atoms with Crippen molar-refractivity contribution < 1.29 is 14.6 Å². The third-order valence-electron chi connectivity index (χ3n) is 4.93. The minimum absolute atomic E-state index is 0.0550. The lowest BCUT2D eigenvalue weighted by atomic mass is 9.94. The second-order valence-corrected chi connectivity index (χ2v) is 7.75. The van der Waals surface area contributed by atoms with Crippen LogP contribution in [0.1, 0.15) is 13.8 Å². The summed E-state index contributed by atoms with van der Waals surface area (Å²) in [5.74, 6) is 2.36. The molecule has 1 aromatic carbocycles. The van der Waals surface area contributed by atoms with Gasteiger partial charge in [0.2, 0.25) is 6.79 Å². The molecule has 4 N–H and O–H groups in total. The summed E-state index contributed by atoms with van der Waals surface area (Å²) < 4.78 is 10.9. The molecular weight excluding hydrogens is 346 g/mol. The van der Waals surface area contributed by atoms with E-state index in [2.05, 4.69) is 29.0 Å². The lowest BCUT2D eigenvalue weighted by Gasteiger charge is -2.36. The predicted molar refractivity (Wildman–Crippen MR) is 106 cm³/mol. The fourth-order valence-electron chi connectivity index (χ4n) is 3.00. The predicted octanol–water partition coefficient (Wildman–Crippen LogP) is 0.778. The summed E-state index contributed by atoms with van der Waals surface area (Å²) in [6.45, 7) is 10.2. The molecule has 0 aliphatic carbocycles. The van der Waals surface area contributed by atoms with Crippen LogP contribution in [0.3, 0.4) is 0 Å². The van der Waals surface area contributed by atoms with E-state index in [0.29, 0.717) is 13.1 Å². The van der Waals surface area contributed by atoms with Crippen LogP contribution in [-0.2, 0) is 0 Å². The van der Waals surface area contributed by atoms with E-state index in [0.717, 1.165) is 55.9 Å². The molecule has 3 rings (SSSR count). The van der Waals surface area contributed by atoms with Gasteiger partial charge >= 0.3 is 0 Å². The van der Waals surface area contributed by atoms with E-state index < -0.39 is 0 Å². The third-order valence-corrected chi connectivity index (χ3v) is 4.93. The number of nitrogens with one attached hydrogen (secondary N) is 1. The van der Waals surface area contributed by atoms with E-state index >= 15 is 0 Å². The van der Waals surface area contributed by atoms with Gasteiger partial charge in [-0.2, -0.15) is 0 Å². The first-order chi connectivity index (χ1) is 13.0. The standard InChI is InChI=1S/C19H31N5O3/c1-19(2,12-20)13-21-18(24-7-5-23(6-8-24)9-10-25)22-15-3-4-16-17(11-15)27-14-26-16/h3-4,11,25H,5-10,12-14,20H2,1-2H3,(H,21,22). The Morgan fingerprint density at radius 3 is 2.67 bits per heavy atom. The number of aliphatic hydroxyl groups excluding tert-OH is 1. The maximum atomic E-state index is 9.14. The number of ether oxygens (including phenoxy) is 2. The molecule has 0 atom stereocenters. The maximum Gasteiger partial charge on any atom is 0.231 e. The number of guanidine groups is 1. The van der Waals surface area contributed by atoms with Gasteiger partial charge in [0, 0.05) is 51.0 Å². The van der Waals surface area contributed by atoms with Gasteiger partial charge in [-0.3, -0.25) is 9.89 Å². The quantitative estimate of drug-likeness (QED) is 0.498. The maximum absolute atomic E-state index is 9.14. The summed E-state index contributed by atoms with van der Waals surface area (Å²) in [4.78, 5) is 9.38. The number of aliphatic hydroxyl groups is 1. The van der Waals surface area contributed by atoms with Gasteiger partial charge in [-0.1, -0.05) is 13.8 Å². The molecule has 2 aliphatic heterocycles. The molecular formula is C19H31N5O3. The molecule has 0 bridgehead atoms. The van der Waals surface area contributed by atoms with Gasteiger partial charge in [0.25, 0.3) is 0 Å². The van der Waals surface area contributed by atoms with Crippen LogP contribution in [0.25, 0.3) is 0 Å². The van der Waals surface area contributed by atoms with Gasteiger partial charge in [0.05, 0.1) is 6.61 Å². The topological polar surface area (TPSA) is 95.6 Å². The molecule has 1 fully saturated rings. The average Bonchev–Trinajstić information content (AvgIpc) is 3.14. The SMILES string of the molecule is CC(C)(CN)CN=C(Nc1ccc2c(c1)OCO2)N1CCN(CCO)CC1. The van der Waals surface area contributed by atoms with Crippen LogP contribution in [0.15, 0.2) is 23.2 Å². The number of rotatable bonds is 6. The molecule has 0 spiro atoms. The fraction of sp³-hybridized carbons (Fsp3) is 0.632. The van der Waals surface area contributed by atoms with Gasteiger partial charge < -0.3 is 30.5 Å². The molecule has 1 aromatic rings. The number of nitrogens with two attached hydrogens (primary N) is 1. The van der Waals surface area contributed by atoms with Gasteiger partial charge in [-0.05, 0) is 24.1 Å². The van der Waals surface area contributed by atoms with Crippen molar-refractivity contribution in [2.45, 2.75) is 13.8 Å². The molecule has 0 saturated carbocycles. The van der Waals surface area contributed by atoms with Crippen molar-refractivity contribution in [2.75, 3.05) is 64.5 Å². The molecule has 0 aromatic heterocycles. The van der Waals surface area contributed by atoms with Crippen LogP contribution in [0.4, 0.5) is 5.69 Å². The highest BCUT2D eigenvalue weighted by Crippen LogP contribution is 2.34. The minimum atomic E-state index is -0.0550. The van der Waals surface area contributed by atoms with E-state index in [9.17, 15) is 0 Å². The zero-order valence-corrected chi connectivity index (χ0v) is 16.3. The van der Waals surface area contributed by atoms with E-state index in [4.69, 9.17) is 25.3 Å². The van der Waals surface area contributed by atoms with Crippen LogP contribution in [-0.4, -0.2) is 80.1 Å². The van der Waals surface area contributed by atoms with E-state index in [1.165, 1.54) is 0 Å². The van der Waals surface area contributed by atoms with Crippen molar-refractivity contribution in [2.24, 2.45) is 16.1 Å². The van der Waals surface area contributed by atoms with Crippen molar-refractivity contribution in [3.8, 4) is 11.5 Å². The van der Waals surface area contributed by atoms with Crippen molar-refractivity contribution in [3.05, 3.63) is 18.2 Å². The van der Waals surface area contributed by atoms with Crippen LogP contribution < -0.4 is 20.5 Å². The Balaban J connectivity index is 1.73. The molecule has 2 heterocycles. The minimum Gasteiger partial charge on any atom is -0.454 e. The van der Waals surface area contributed by atoms with Crippen LogP contribution in [0.2, 0.25) is 0 Å². The van der Waals surface area contributed by atoms with E-state index in [-0.39, 0.29) is 18.8 Å². The molecule has 0 amide bonds. The highest BCUT2D eigenvalue weighted by Gasteiger charge is 2.22. The number of benzene rings is 1. The van der Waals surface area contributed by atoms with E-state index in [1.807, 2.05) is 18.2 Å². The Labute approximate surface area is 160 Å². The molecule has 2 aliphatic rings. The molecule has 27 heavy (non-hydrogen) atoms. The molecule has 1 saturated heterocycles. The molecule has 8 nitrogen and oxygen atoms in total. The number of β-amino-alcohol motifs (C(OH)–C–C–N with tert-alkyl or cyclic N) is 1. The Morgan fingerprint density at radius 1 is 1.22 bits per heavy atom. The Bertz CT molecular complexity index is 657. The van der Waals surface area contributed by atoms with Crippen molar-refractivity contribution in [3.63, 3.8) is 0 Å². The van der Waals surface area contributed by atoms with Crippen LogP contribution >= 0.6 is 0 Å². The number of aliphatic imine (C=N–C) groups is 1. The Morgan fingerprint density at radius 2 is 1.96 bits per heavy atom. The molecule has 0 radical (unpaired) electrons. The molecule has 0 unspecified atom stereocenters. The van der Waals surface area contributed by atoms with Crippen molar-refractivity contribution >= 4 is 11.6 Å². The number of hydrogen-bond acceptors (Lipinski definition) is 6. The summed E-state index contributed by atoms with van der Waals surface area (Å²) in [5.41, 5.74) is 6.74. The second-order valence-electron chi connectivity index (χ2n) is 7.75. The number of anilines is 1. The van der Waals surface area contributed by atoms with Crippen LogP contribution in [0.5, 0.6) is 11.5 Å². The molecule has 150 valence electrons. The third kappa shape index (κ3) is 5.24. The number of hydrogen-bond donors (Lipinski definition) is 3. The van der Waals surface area contributed by atoms with Crippen molar-refractivity contribution in [1.29, 1.82) is 0 Å². The summed E-state index contributed by atoms with van der Waals surface area (Å²) in [6.07, 6.45) is 0. The van der Waals surface area contributed by atoms with Crippen molar-refractivity contribution in [1.82, 2.24) is 9.80 Å². The number of fused-ring (bicyclic) bond motifs is 1. The Kier molecular flexibility index (Phi) is 6.41. The zero-order valence-electron chi connectivity index (χ0n) is 16.3. The largest absolute Gasteiger partial charge is 0.454 e. The first kappa shape index (κ1) is 19.7. The number of piperazine rings is 1. The lowest BCUT2D eigenvalue weighted by Crippen LogP contribution is -2.51. The van der Waals surface area contributed by atoms with E-state index in [1.54, 1.807) is 0 Å². The summed E-state index contributed by atoms with van der Waals surface area (Å²) in [6, 6.07) is 5.82. The molecule has 8 heteroatoms. The monoisotopic (exact) mass is 377 g/mol. The van der Waals surface area contributed by atoms with Gasteiger partial charge in [0.15, 0.2) is 17.5 Å². The summed E-state index contributed by atoms with van der Waals surface area (Å²) >= 11 is 0. The summed E-state index contributed by atoms with van der Waals surface area (Å²) in [5, 5.41) is 12.6. The highest BCUT2D eigenvalue weighted by molar-refractivity contribution is 5.94. The summed E-state index contributed by atoms with van der Waals surface area (Å²) in [7, 11) is 0.